The van der Waals surface area contributed by atoms with E-state index < -0.39 is 10.0 Å². The van der Waals surface area contributed by atoms with Crippen LogP contribution < -0.4 is 10.5 Å². The summed E-state index contributed by atoms with van der Waals surface area (Å²) in [6.45, 7) is 4.12. The van der Waals surface area contributed by atoms with E-state index in [1.54, 1.807) is 18.3 Å². The van der Waals surface area contributed by atoms with E-state index in [0.29, 0.717) is 11.6 Å². The molecule has 0 fully saturated rings. The van der Waals surface area contributed by atoms with E-state index in [0.717, 1.165) is 21.8 Å². The molecule has 27 heavy (non-hydrogen) atoms. The van der Waals surface area contributed by atoms with Crippen molar-refractivity contribution in [1.29, 1.82) is 0 Å². The van der Waals surface area contributed by atoms with Crippen LogP contribution in [0.5, 0.6) is 0 Å². The van der Waals surface area contributed by atoms with Crippen LogP contribution in [0, 0.1) is 0 Å². The topological polar surface area (TPSA) is 116 Å². The van der Waals surface area contributed by atoms with E-state index >= 15 is 0 Å². The van der Waals surface area contributed by atoms with Gasteiger partial charge < -0.3 is 5.32 Å². The lowest BCUT2D eigenvalue weighted by molar-refractivity contribution is 0.552. The van der Waals surface area contributed by atoms with Crippen LogP contribution in [0.2, 0.25) is 0 Å². The van der Waals surface area contributed by atoms with Crippen molar-refractivity contribution in [2.45, 2.75) is 24.8 Å². The van der Waals surface area contributed by atoms with Gasteiger partial charge in [-0.25, -0.2) is 23.5 Å². The molecule has 0 bridgehead atoms. The first-order valence-corrected chi connectivity index (χ1v) is 9.90. The number of sulfonamides is 1. The van der Waals surface area contributed by atoms with Gasteiger partial charge in [0.05, 0.1) is 16.6 Å². The first kappa shape index (κ1) is 17.4. The van der Waals surface area contributed by atoms with Crippen molar-refractivity contribution in [1.82, 2.24) is 19.7 Å². The van der Waals surface area contributed by atoms with Crippen LogP contribution in [0.3, 0.4) is 0 Å². The van der Waals surface area contributed by atoms with Crippen molar-refractivity contribution in [2.75, 3.05) is 5.32 Å². The molecule has 3 N–H and O–H groups in total. The van der Waals surface area contributed by atoms with Crippen molar-refractivity contribution >= 4 is 43.5 Å². The van der Waals surface area contributed by atoms with Gasteiger partial charge in [-0.3, -0.25) is 4.68 Å². The normalized spacial score (nSPS) is 12.1. The number of rotatable bonds is 4. The fourth-order valence-electron chi connectivity index (χ4n) is 2.96. The first-order valence-electron chi connectivity index (χ1n) is 8.36. The molecule has 0 spiro atoms. The molecule has 2 heterocycles. The van der Waals surface area contributed by atoms with Gasteiger partial charge in [0, 0.05) is 28.7 Å². The maximum atomic E-state index is 11.5. The summed E-state index contributed by atoms with van der Waals surface area (Å²) in [4.78, 5) is 8.99. The third kappa shape index (κ3) is 3.22. The van der Waals surface area contributed by atoms with Gasteiger partial charge in [-0.2, -0.15) is 5.10 Å². The quantitative estimate of drug-likeness (QED) is 0.560. The van der Waals surface area contributed by atoms with Crippen LogP contribution >= 0.6 is 0 Å². The summed E-state index contributed by atoms with van der Waals surface area (Å²) >= 11 is 0. The Labute approximate surface area is 156 Å². The third-order valence-electron chi connectivity index (χ3n) is 4.22. The molecule has 4 rings (SSSR count). The van der Waals surface area contributed by atoms with Crippen molar-refractivity contribution in [2.24, 2.45) is 5.14 Å². The second-order valence-electron chi connectivity index (χ2n) is 6.52. The molecule has 0 saturated carbocycles. The summed E-state index contributed by atoms with van der Waals surface area (Å²) in [6.07, 6.45) is 3.55. The molecule has 8 nitrogen and oxygen atoms in total. The molecular weight excluding hydrogens is 364 g/mol. The predicted octanol–water partition coefficient (Wildman–Crippen LogP) is 2.95. The number of anilines is 2. The zero-order valence-corrected chi connectivity index (χ0v) is 15.6. The monoisotopic (exact) mass is 382 g/mol. The Morgan fingerprint density at radius 3 is 2.63 bits per heavy atom. The van der Waals surface area contributed by atoms with Crippen LogP contribution in [0.25, 0.3) is 21.8 Å². The minimum Gasteiger partial charge on any atom is -0.324 e. The SMILES string of the molecule is CC(C)n1ncc2ccc3cnc(Nc4cccc(S(N)(=O)=O)c4)nc3c21. The Bertz CT molecular complexity index is 1260. The van der Waals surface area contributed by atoms with E-state index in [1.807, 2.05) is 23.0 Å². The lowest BCUT2D eigenvalue weighted by atomic mass is 10.2. The fraction of sp³-hybridized carbons (Fsp3) is 0.167. The fourth-order valence-corrected chi connectivity index (χ4v) is 3.52. The van der Waals surface area contributed by atoms with Crippen LogP contribution in [0.15, 0.2) is 53.7 Å². The number of nitrogens with zero attached hydrogens (tertiary/aromatic N) is 4. The maximum Gasteiger partial charge on any atom is 0.238 e. The van der Waals surface area contributed by atoms with Crippen molar-refractivity contribution in [3.05, 3.63) is 48.8 Å². The largest absolute Gasteiger partial charge is 0.324 e. The van der Waals surface area contributed by atoms with Gasteiger partial charge >= 0.3 is 0 Å². The summed E-state index contributed by atoms with van der Waals surface area (Å²) in [5.41, 5.74) is 2.25. The van der Waals surface area contributed by atoms with Crippen LogP contribution in [0.4, 0.5) is 11.6 Å². The molecule has 4 aromatic rings. The number of hydrogen-bond acceptors (Lipinski definition) is 6. The summed E-state index contributed by atoms with van der Waals surface area (Å²) in [7, 11) is -3.78. The van der Waals surface area contributed by atoms with Crippen molar-refractivity contribution in [3.8, 4) is 0 Å². The molecule has 9 heteroatoms. The number of primary sulfonamides is 1. The predicted molar refractivity (Wildman–Crippen MR) is 104 cm³/mol. The summed E-state index contributed by atoms with van der Waals surface area (Å²) in [5, 5.41) is 14.6. The number of hydrogen-bond donors (Lipinski definition) is 2. The summed E-state index contributed by atoms with van der Waals surface area (Å²) in [6, 6.07) is 10.3. The molecular formula is C18H18N6O2S. The Balaban J connectivity index is 1.82. The van der Waals surface area contributed by atoms with Crippen LogP contribution in [-0.2, 0) is 10.0 Å². The highest BCUT2D eigenvalue weighted by molar-refractivity contribution is 7.89. The van der Waals surface area contributed by atoms with Crippen molar-refractivity contribution < 1.29 is 8.42 Å². The lowest BCUT2D eigenvalue weighted by Crippen LogP contribution is -2.12. The second kappa shape index (κ2) is 6.29. The Kier molecular flexibility index (Phi) is 4.05. The lowest BCUT2D eigenvalue weighted by Gasteiger charge is -2.10. The van der Waals surface area contributed by atoms with E-state index in [9.17, 15) is 8.42 Å². The van der Waals surface area contributed by atoms with E-state index in [2.05, 4.69) is 34.2 Å². The van der Waals surface area contributed by atoms with E-state index in [4.69, 9.17) is 5.14 Å². The molecule has 2 aromatic carbocycles. The highest BCUT2D eigenvalue weighted by Crippen LogP contribution is 2.27. The summed E-state index contributed by atoms with van der Waals surface area (Å²) < 4.78 is 25.0. The minimum atomic E-state index is -3.78. The molecule has 0 saturated heterocycles. The van der Waals surface area contributed by atoms with Gasteiger partial charge in [0.25, 0.3) is 0 Å². The Morgan fingerprint density at radius 2 is 1.89 bits per heavy atom. The molecule has 0 aliphatic heterocycles. The van der Waals surface area contributed by atoms with Gasteiger partial charge in [-0.1, -0.05) is 18.2 Å². The average molecular weight is 382 g/mol. The first-order chi connectivity index (χ1) is 12.8. The van der Waals surface area contributed by atoms with Gasteiger partial charge in [0.1, 0.15) is 5.52 Å². The highest BCUT2D eigenvalue weighted by Gasteiger charge is 2.13. The van der Waals surface area contributed by atoms with Gasteiger partial charge in [-0.15, -0.1) is 0 Å². The van der Waals surface area contributed by atoms with Gasteiger partial charge in [-0.05, 0) is 32.0 Å². The molecule has 2 aromatic heterocycles. The number of benzene rings is 2. The second-order valence-corrected chi connectivity index (χ2v) is 8.08. The molecule has 0 aliphatic carbocycles. The number of fused-ring (bicyclic) bond motifs is 3. The van der Waals surface area contributed by atoms with Gasteiger partial charge in [0.15, 0.2) is 0 Å². The molecule has 138 valence electrons. The molecule has 0 aliphatic rings. The highest BCUT2D eigenvalue weighted by atomic mass is 32.2. The molecule has 0 atom stereocenters. The van der Waals surface area contributed by atoms with Crippen LogP contribution in [-0.4, -0.2) is 28.2 Å². The zero-order chi connectivity index (χ0) is 19.2. The zero-order valence-electron chi connectivity index (χ0n) is 14.8. The van der Waals surface area contributed by atoms with E-state index in [1.165, 1.54) is 12.1 Å². The number of nitrogens with one attached hydrogen (secondary N) is 1. The number of aromatic nitrogens is 4. The Hall–Kier alpha value is -3.04. The minimum absolute atomic E-state index is 0.0218. The molecule has 0 amide bonds. The average Bonchev–Trinajstić information content (AvgIpc) is 3.06. The third-order valence-corrected chi connectivity index (χ3v) is 5.13. The smallest absolute Gasteiger partial charge is 0.238 e. The maximum absolute atomic E-state index is 11.5. The Morgan fingerprint density at radius 1 is 1.11 bits per heavy atom. The number of nitrogens with two attached hydrogens (primary N) is 1. The summed E-state index contributed by atoms with van der Waals surface area (Å²) in [5.74, 6) is 0.359. The van der Waals surface area contributed by atoms with Crippen molar-refractivity contribution in [3.63, 3.8) is 0 Å². The van der Waals surface area contributed by atoms with Crippen LogP contribution in [0.1, 0.15) is 19.9 Å². The van der Waals surface area contributed by atoms with E-state index in [-0.39, 0.29) is 10.9 Å². The standard InChI is InChI=1S/C18H18N6O2S/c1-11(2)24-17-13(10-21-24)7-6-12-9-20-18(23-16(12)17)22-14-4-3-5-15(8-14)27(19,25)26/h3-11H,1-2H3,(H2,19,25,26)(H,20,22,23). The molecule has 0 radical (unpaired) electrons. The molecule has 0 unspecified atom stereocenters. The van der Waals surface area contributed by atoms with Gasteiger partial charge in [0.2, 0.25) is 16.0 Å².